The number of halogens is 1. The number of nitrogens with one attached hydrogen (secondary N) is 1. The van der Waals surface area contributed by atoms with Gasteiger partial charge in [0.2, 0.25) is 5.91 Å². The fourth-order valence-electron chi connectivity index (χ4n) is 2.00. The Kier molecular flexibility index (Phi) is 4.28. The SMILES string of the molecule is NC(=O)c1ccc(CNCC2CCOC2)c(F)c1. The van der Waals surface area contributed by atoms with Crippen molar-refractivity contribution in [3.63, 3.8) is 0 Å². The molecule has 0 radical (unpaired) electrons. The van der Waals surface area contributed by atoms with E-state index in [4.69, 9.17) is 10.5 Å². The molecule has 3 N–H and O–H groups in total. The Morgan fingerprint density at radius 2 is 2.39 bits per heavy atom. The van der Waals surface area contributed by atoms with Gasteiger partial charge in [-0.15, -0.1) is 0 Å². The molecular weight excluding hydrogens is 235 g/mol. The zero-order chi connectivity index (χ0) is 13.0. The maximum Gasteiger partial charge on any atom is 0.248 e. The summed E-state index contributed by atoms with van der Waals surface area (Å²) >= 11 is 0. The molecule has 1 amide bonds. The van der Waals surface area contributed by atoms with Crippen LogP contribution in [0, 0.1) is 11.7 Å². The zero-order valence-corrected chi connectivity index (χ0v) is 10.1. The number of nitrogens with two attached hydrogens (primary N) is 1. The van der Waals surface area contributed by atoms with Crippen LogP contribution in [0.2, 0.25) is 0 Å². The van der Waals surface area contributed by atoms with E-state index in [1.807, 2.05) is 0 Å². The summed E-state index contributed by atoms with van der Waals surface area (Å²) in [6.07, 6.45) is 1.05. The van der Waals surface area contributed by atoms with Crippen LogP contribution in [0.15, 0.2) is 18.2 Å². The minimum atomic E-state index is -0.614. The van der Waals surface area contributed by atoms with Gasteiger partial charge < -0.3 is 15.8 Å². The molecule has 18 heavy (non-hydrogen) atoms. The Morgan fingerprint density at radius 3 is 3.00 bits per heavy atom. The highest BCUT2D eigenvalue weighted by atomic mass is 19.1. The molecule has 1 unspecified atom stereocenters. The number of rotatable bonds is 5. The van der Waals surface area contributed by atoms with Crippen molar-refractivity contribution in [2.24, 2.45) is 11.7 Å². The molecule has 1 fully saturated rings. The number of ether oxygens (including phenoxy) is 1. The van der Waals surface area contributed by atoms with E-state index in [1.165, 1.54) is 6.07 Å². The minimum absolute atomic E-state index is 0.195. The topological polar surface area (TPSA) is 64.4 Å². The van der Waals surface area contributed by atoms with Gasteiger partial charge in [-0.25, -0.2) is 4.39 Å². The number of primary amides is 1. The van der Waals surface area contributed by atoms with Crippen molar-refractivity contribution in [3.8, 4) is 0 Å². The van der Waals surface area contributed by atoms with Crippen molar-refractivity contribution in [3.05, 3.63) is 35.1 Å². The van der Waals surface area contributed by atoms with Gasteiger partial charge in [0.15, 0.2) is 0 Å². The smallest absolute Gasteiger partial charge is 0.248 e. The summed E-state index contributed by atoms with van der Waals surface area (Å²) in [6, 6.07) is 4.31. The predicted molar refractivity (Wildman–Crippen MR) is 65.6 cm³/mol. The van der Waals surface area contributed by atoms with E-state index < -0.39 is 11.7 Å². The summed E-state index contributed by atoms with van der Waals surface area (Å²) in [5.74, 6) is -0.504. The van der Waals surface area contributed by atoms with E-state index in [1.54, 1.807) is 12.1 Å². The van der Waals surface area contributed by atoms with Crippen LogP contribution in [0.5, 0.6) is 0 Å². The van der Waals surface area contributed by atoms with E-state index in [0.717, 1.165) is 26.2 Å². The summed E-state index contributed by atoms with van der Waals surface area (Å²) in [5.41, 5.74) is 5.82. The van der Waals surface area contributed by atoms with E-state index >= 15 is 0 Å². The third kappa shape index (κ3) is 3.27. The second-order valence-electron chi connectivity index (χ2n) is 4.53. The van der Waals surface area contributed by atoms with E-state index in [2.05, 4.69) is 5.32 Å². The third-order valence-electron chi connectivity index (χ3n) is 3.11. The van der Waals surface area contributed by atoms with Gasteiger partial charge in [0.1, 0.15) is 5.82 Å². The van der Waals surface area contributed by atoms with Gasteiger partial charge >= 0.3 is 0 Å². The monoisotopic (exact) mass is 252 g/mol. The quantitative estimate of drug-likeness (QED) is 0.823. The molecule has 0 aromatic heterocycles. The Labute approximate surface area is 105 Å². The van der Waals surface area contributed by atoms with Crippen LogP contribution in [0.4, 0.5) is 4.39 Å². The lowest BCUT2D eigenvalue weighted by molar-refractivity contribution is 0.1000. The molecule has 98 valence electrons. The molecule has 1 heterocycles. The molecule has 1 aliphatic heterocycles. The fraction of sp³-hybridized carbons (Fsp3) is 0.462. The summed E-state index contributed by atoms with van der Waals surface area (Å²) in [5, 5.41) is 3.20. The highest BCUT2D eigenvalue weighted by Crippen LogP contribution is 2.13. The molecule has 1 aromatic rings. The van der Waals surface area contributed by atoms with Crippen molar-refractivity contribution in [2.45, 2.75) is 13.0 Å². The lowest BCUT2D eigenvalue weighted by Gasteiger charge is -2.10. The molecule has 1 aliphatic rings. The predicted octanol–water partition coefficient (Wildman–Crippen LogP) is 1.05. The number of hydrogen-bond acceptors (Lipinski definition) is 3. The van der Waals surface area contributed by atoms with Gasteiger partial charge in [0.05, 0.1) is 6.61 Å². The van der Waals surface area contributed by atoms with Crippen LogP contribution in [0.25, 0.3) is 0 Å². The van der Waals surface area contributed by atoms with Gasteiger partial charge in [-0.1, -0.05) is 6.07 Å². The molecule has 1 saturated heterocycles. The summed E-state index contributed by atoms with van der Waals surface area (Å²) in [4.78, 5) is 10.9. The van der Waals surface area contributed by atoms with Gasteiger partial charge in [0, 0.05) is 30.8 Å². The Morgan fingerprint density at radius 1 is 1.56 bits per heavy atom. The highest BCUT2D eigenvalue weighted by Gasteiger charge is 2.15. The summed E-state index contributed by atoms with van der Waals surface area (Å²) < 4.78 is 18.9. The number of carbonyl (C=O) groups excluding carboxylic acids is 1. The first kappa shape index (κ1) is 13.0. The van der Waals surface area contributed by atoms with Crippen LogP contribution in [-0.4, -0.2) is 25.7 Å². The molecule has 0 spiro atoms. The Balaban J connectivity index is 1.87. The summed E-state index contributed by atoms with van der Waals surface area (Å²) in [6.45, 7) is 2.85. The van der Waals surface area contributed by atoms with Gasteiger partial charge in [0.25, 0.3) is 0 Å². The van der Waals surface area contributed by atoms with Crippen molar-refractivity contribution in [1.82, 2.24) is 5.32 Å². The highest BCUT2D eigenvalue weighted by molar-refractivity contribution is 5.92. The number of amides is 1. The normalized spacial score (nSPS) is 19.1. The molecule has 0 saturated carbocycles. The molecular formula is C13H17FN2O2. The second kappa shape index (κ2) is 5.93. The molecule has 0 aliphatic carbocycles. The van der Waals surface area contributed by atoms with Crippen LogP contribution >= 0.6 is 0 Å². The first-order valence-electron chi connectivity index (χ1n) is 6.03. The average molecular weight is 252 g/mol. The van der Waals surface area contributed by atoms with Gasteiger partial charge in [-0.05, 0) is 24.5 Å². The second-order valence-corrected chi connectivity index (χ2v) is 4.53. The van der Waals surface area contributed by atoms with Crippen LogP contribution < -0.4 is 11.1 Å². The van der Waals surface area contributed by atoms with Crippen LogP contribution in [0.1, 0.15) is 22.3 Å². The zero-order valence-electron chi connectivity index (χ0n) is 10.1. The van der Waals surface area contributed by atoms with E-state index in [9.17, 15) is 9.18 Å². The van der Waals surface area contributed by atoms with Gasteiger partial charge in [-0.2, -0.15) is 0 Å². The fourth-order valence-corrected chi connectivity index (χ4v) is 2.00. The molecule has 1 aromatic carbocycles. The number of benzene rings is 1. The lowest BCUT2D eigenvalue weighted by atomic mass is 10.1. The lowest BCUT2D eigenvalue weighted by Crippen LogP contribution is -2.23. The van der Waals surface area contributed by atoms with Crippen LogP contribution in [0.3, 0.4) is 0 Å². The van der Waals surface area contributed by atoms with E-state index in [0.29, 0.717) is 18.0 Å². The molecule has 1 atom stereocenters. The minimum Gasteiger partial charge on any atom is -0.381 e. The third-order valence-corrected chi connectivity index (χ3v) is 3.11. The molecule has 5 heteroatoms. The first-order chi connectivity index (χ1) is 8.66. The first-order valence-corrected chi connectivity index (χ1v) is 6.03. The summed E-state index contributed by atoms with van der Waals surface area (Å²) in [7, 11) is 0. The van der Waals surface area contributed by atoms with Crippen molar-refractivity contribution < 1.29 is 13.9 Å². The Bertz CT molecular complexity index is 431. The average Bonchev–Trinajstić information content (AvgIpc) is 2.84. The molecule has 4 nitrogen and oxygen atoms in total. The maximum atomic E-state index is 13.6. The number of carbonyl (C=O) groups is 1. The molecule has 2 rings (SSSR count). The Hall–Kier alpha value is -1.46. The van der Waals surface area contributed by atoms with E-state index in [-0.39, 0.29) is 5.56 Å². The largest absolute Gasteiger partial charge is 0.381 e. The number of hydrogen-bond donors (Lipinski definition) is 2. The van der Waals surface area contributed by atoms with Crippen molar-refractivity contribution >= 4 is 5.91 Å². The molecule has 0 bridgehead atoms. The van der Waals surface area contributed by atoms with Gasteiger partial charge in [-0.3, -0.25) is 4.79 Å². The maximum absolute atomic E-state index is 13.6. The van der Waals surface area contributed by atoms with Crippen LogP contribution in [-0.2, 0) is 11.3 Å². The standard InChI is InChI=1S/C13H17FN2O2/c14-12-5-10(13(15)17)1-2-11(12)7-16-6-9-3-4-18-8-9/h1-2,5,9,16H,3-4,6-8H2,(H2,15,17). The van der Waals surface area contributed by atoms with Crippen molar-refractivity contribution in [2.75, 3.05) is 19.8 Å². The van der Waals surface area contributed by atoms with Crippen molar-refractivity contribution in [1.29, 1.82) is 0 Å².